The number of carbonyl (C=O) groups excluding carboxylic acids is 1. The molecule has 1 saturated heterocycles. The monoisotopic (exact) mass is 316 g/mol. The molecule has 3 rings (SSSR count). The van der Waals surface area contributed by atoms with Crippen LogP contribution in [0.15, 0.2) is 28.9 Å². The Hall–Kier alpha value is -2.28. The molecular weight excluding hydrogens is 296 g/mol. The summed E-state index contributed by atoms with van der Waals surface area (Å²) in [7, 11) is 1.60. The molecular formula is C16H20N4O3. The molecule has 3 heterocycles. The molecule has 0 aliphatic carbocycles. The molecule has 0 radical (unpaired) electrons. The van der Waals surface area contributed by atoms with Gasteiger partial charge in [0.25, 0.3) is 0 Å². The first-order valence-electron chi connectivity index (χ1n) is 7.82. The maximum absolute atomic E-state index is 12.4. The van der Waals surface area contributed by atoms with Crippen molar-refractivity contribution in [2.24, 2.45) is 0 Å². The van der Waals surface area contributed by atoms with Crippen LogP contribution in [0.1, 0.15) is 37.6 Å². The molecule has 1 aliphatic rings. The number of rotatable bonds is 5. The number of nitrogens with zero attached hydrogens (tertiary/aromatic N) is 4. The summed E-state index contributed by atoms with van der Waals surface area (Å²) >= 11 is 0. The Labute approximate surface area is 134 Å². The summed E-state index contributed by atoms with van der Waals surface area (Å²) in [5, 5.41) is 8.28. The van der Waals surface area contributed by atoms with Gasteiger partial charge in [0.1, 0.15) is 6.04 Å². The molecule has 1 amide bonds. The second kappa shape index (κ2) is 7.32. The molecule has 0 spiro atoms. The third kappa shape index (κ3) is 3.56. The van der Waals surface area contributed by atoms with Crippen molar-refractivity contribution in [2.75, 3.05) is 20.3 Å². The Bertz CT molecular complexity index is 644. The van der Waals surface area contributed by atoms with Gasteiger partial charge in [-0.2, -0.15) is 0 Å². The van der Waals surface area contributed by atoms with Crippen molar-refractivity contribution < 1.29 is 13.9 Å². The first-order valence-corrected chi connectivity index (χ1v) is 7.82. The van der Waals surface area contributed by atoms with Crippen LogP contribution in [0.25, 0.3) is 11.5 Å². The van der Waals surface area contributed by atoms with Crippen molar-refractivity contribution >= 4 is 5.91 Å². The fraction of sp³-hybridized carbons (Fsp3) is 0.500. The zero-order valence-electron chi connectivity index (χ0n) is 13.1. The van der Waals surface area contributed by atoms with Crippen LogP contribution in [0.2, 0.25) is 0 Å². The minimum absolute atomic E-state index is 0.0696. The number of piperidine rings is 1. The van der Waals surface area contributed by atoms with Gasteiger partial charge in [0.05, 0.1) is 13.0 Å². The van der Waals surface area contributed by atoms with Gasteiger partial charge in [-0.05, 0) is 31.4 Å². The van der Waals surface area contributed by atoms with Gasteiger partial charge in [0.15, 0.2) is 0 Å². The minimum atomic E-state index is -0.142. The van der Waals surface area contributed by atoms with Crippen LogP contribution >= 0.6 is 0 Å². The summed E-state index contributed by atoms with van der Waals surface area (Å²) in [4.78, 5) is 18.2. The van der Waals surface area contributed by atoms with Crippen molar-refractivity contribution in [3.8, 4) is 11.5 Å². The first kappa shape index (κ1) is 15.6. The van der Waals surface area contributed by atoms with Crippen molar-refractivity contribution in [1.82, 2.24) is 20.1 Å². The highest BCUT2D eigenvalue weighted by Gasteiger charge is 2.31. The van der Waals surface area contributed by atoms with Crippen LogP contribution in [-0.4, -0.2) is 46.2 Å². The number of hydrogen-bond acceptors (Lipinski definition) is 6. The van der Waals surface area contributed by atoms with Gasteiger partial charge in [0, 0.05) is 31.6 Å². The third-order valence-corrected chi connectivity index (χ3v) is 4.00. The number of hydrogen-bond donors (Lipinski definition) is 0. The maximum Gasteiger partial charge on any atom is 0.247 e. The van der Waals surface area contributed by atoms with Gasteiger partial charge in [-0.3, -0.25) is 9.78 Å². The predicted octanol–water partition coefficient (Wildman–Crippen LogP) is 2.22. The highest BCUT2D eigenvalue weighted by atomic mass is 16.5. The van der Waals surface area contributed by atoms with Gasteiger partial charge in [0.2, 0.25) is 17.7 Å². The molecule has 1 aliphatic heterocycles. The molecule has 0 N–H and O–H groups in total. The van der Waals surface area contributed by atoms with E-state index < -0.39 is 0 Å². The fourth-order valence-electron chi connectivity index (χ4n) is 2.80. The number of pyridine rings is 1. The van der Waals surface area contributed by atoms with E-state index in [9.17, 15) is 4.79 Å². The second-order valence-electron chi connectivity index (χ2n) is 5.52. The standard InChI is InChI=1S/C16H20N4O3/c1-22-11-7-14(21)20-10-3-2-4-13(20)16-19-18-15(23-16)12-5-8-17-9-6-12/h5-6,8-9,13H,2-4,7,10-11H2,1H3/t13-/m0/s1. The quantitative estimate of drug-likeness (QED) is 0.841. The largest absolute Gasteiger partial charge is 0.418 e. The average Bonchev–Trinajstić information content (AvgIpc) is 3.10. The number of amides is 1. The molecule has 0 saturated carbocycles. The van der Waals surface area contributed by atoms with Gasteiger partial charge >= 0.3 is 0 Å². The summed E-state index contributed by atoms with van der Waals surface area (Å²) in [5.41, 5.74) is 0.826. The number of carbonyl (C=O) groups is 1. The van der Waals surface area contributed by atoms with Gasteiger partial charge in [-0.1, -0.05) is 0 Å². The van der Waals surface area contributed by atoms with Crippen LogP contribution in [0, 0.1) is 0 Å². The second-order valence-corrected chi connectivity index (χ2v) is 5.52. The predicted molar refractivity (Wildman–Crippen MR) is 82.3 cm³/mol. The van der Waals surface area contributed by atoms with Gasteiger partial charge in [-0.25, -0.2) is 0 Å². The highest BCUT2D eigenvalue weighted by molar-refractivity contribution is 5.76. The van der Waals surface area contributed by atoms with E-state index in [0.717, 1.165) is 31.4 Å². The Morgan fingerprint density at radius 2 is 2.17 bits per heavy atom. The molecule has 2 aromatic heterocycles. The average molecular weight is 316 g/mol. The van der Waals surface area contributed by atoms with Crippen molar-refractivity contribution in [2.45, 2.75) is 31.7 Å². The molecule has 0 unspecified atom stereocenters. The Morgan fingerprint density at radius 3 is 2.96 bits per heavy atom. The van der Waals surface area contributed by atoms with Crippen LogP contribution in [0.5, 0.6) is 0 Å². The maximum atomic E-state index is 12.4. The zero-order chi connectivity index (χ0) is 16.1. The number of aromatic nitrogens is 3. The van der Waals surface area contributed by atoms with E-state index in [1.807, 2.05) is 17.0 Å². The third-order valence-electron chi connectivity index (χ3n) is 4.00. The molecule has 122 valence electrons. The summed E-state index contributed by atoms with van der Waals surface area (Å²) < 4.78 is 10.8. The zero-order valence-corrected chi connectivity index (χ0v) is 13.1. The Balaban J connectivity index is 1.78. The van der Waals surface area contributed by atoms with Crippen LogP contribution < -0.4 is 0 Å². The van der Waals surface area contributed by atoms with Crippen LogP contribution in [-0.2, 0) is 9.53 Å². The van der Waals surface area contributed by atoms with Crippen LogP contribution in [0.4, 0.5) is 0 Å². The van der Waals surface area contributed by atoms with E-state index in [1.54, 1.807) is 19.5 Å². The molecule has 7 heteroatoms. The van der Waals surface area contributed by atoms with Gasteiger partial charge in [-0.15, -0.1) is 10.2 Å². The topological polar surface area (TPSA) is 81.4 Å². The summed E-state index contributed by atoms with van der Waals surface area (Å²) in [6.45, 7) is 1.15. The minimum Gasteiger partial charge on any atom is -0.418 e. The summed E-state index contributed by atoms with van der Waals surface area (Å²) in [5.74, 6) is 1.03. The number of likely N-dealkylation sites (tertiary alicyclic amines) is 1. The molecule has 23 heavy (non-hydrogen) atoms. The lowest BCUT2D eigenvalue weighted by Crippen LogP contribution is -2.39. The van der Waals surface area contributed by atoms with Crippen LogP contribution in [0.3, 0.4) is 0 Å². The Morgan fingerprint density at radius 1 is 1.35 bits per heavy atom. The van der Waals surface area contributed by atoms with Crippen molar-refractivity contribution in [3.63, 3.8) is 0 Å². The van der Waals surface area contributed by atoms with E-state index >= 15 is 0 Å². The van der Waals surface area contributed by atoms with E-state index in [2.05, 4.69) is 15.2 Å². The van der Waals surface area contributed by atoms with E-state index in [4.69, 9.17) is 9.15 Å². The normalized spacial score (nSPS) is 18.1. The molecule has 1 atom stereocenters. The van der Waals surface area contributed by atoms with Crippen molar-refractivity contribution in [1.29, 1.82) is 0 Å². The SMILES string of the molecule is COCCC(=O)N1CCCC[C@H]1c1nnc(-c2ccncc2)o1. The fourth-order valence-corrected chi connectivity index (χ4v) is 2.80. The lowest BCUT2D eigenvalue weighted by atomic mass is 10.0. The molecule has 2 aromatic rings. The van der Waals surface area contributed by atoms with Crippen molar-refractivity contribution in [3.05, 3.63) is 30.4 Å². The number of ether oxygens (including phenoxy) is 1. The lowest BCUT2D eigenvalue weighted by molar-refractivity contribution is -0.136. The smallest absolute Gasteiger partial charge is 0.247 e. The van der Waals surface area contributed by atoms with E-state index in [0.29, 0.717) is 24.8 Å². The summed E-state index contributed by atoms with van der Waals surface area (Å²) in [6, 6.07) is 3.50. The molecule has 7 nitrogen and oxygen atoms in total. The number of methoxy groups -OCH3 is 1. The molecule has 1 fully saturated rings. The first-order chi connectivity index (χ1) is 11.3. The van der Waals surface area contributed by atoms with E-state index in [1.165, 1.54) is 0 Å². The summed E-state index contributed by atoms with van der Waals surface area (Å²) in [6.07, 6.45) is 6.63. The Kier molecular flexibility index (Phi) is 4.97. The lowest BCUT2D eigenvalue weighted by Gasteiger charge is -2.33. The van der Waals surface area contributed by atoms with Gasteiger partial charge < -0.3 is 14.1 Å². The highest BCUT2D eigenvalue weighted by Crippen LogP contribution is 2.32. The van der Waals surface area contributed by atoms with E-state index in [-0.39, 0.29) is 11.9 Å². The molecule has 0 bridgehead atoms. The molecule has 0 aromatic carbocycles.